The van der Waals surface area contributed by atoms with Gasteiger partial charge >= 0.3 is 5.97 Å². The van der Waals surface area contributed by atoms with Crippen molar-refractivity contribution in [1.82, 2.24) is 19.4 Å². The Morgan fingerprint density at radius 1 is 1.07 bits per heavy atom. The van der Waals surface area contributed by atoms with Crippen molar-refractivity contribution in [2.24, 2.45) is 0 Å². The Morgan fingerprint density at radius 3 is 2.51 bits per heavy atom. The molecule has 45 heavy (non-hydrogen) atoms. The van der Waals surface area contributed by atoms with Gasteiger partial charge in [-0.1, -0.05) is 12.1 Å². The monoisotopic (exact) mass is 620 g/mol. The topological polar surface area (TPSA) is 86.3 Å². The molecule has 0 unspecified atom stereocenters. The number of ether oxygens (including phenoxy) is 3. The van der Waals surface area contributed by atoms with Gasteiger partial charge in [-0.05, 0) is 37.6 Å². The second kappa shape index (κ2) is 12.7. The van der Waals surface area contributed by atoms with E-state index in [-0.39, 0.29) is 35.8 Å². The minimum atomic E-state index is -0.994. The normalized spacial score (nSPS) is 17.5. The van der Waals surface area contributed by atoms with Crippen LogP contribution in [0, 0.1) is 24.0 Å². The molecule has 2 aromatic heterocycles. The van der Waals surface area contributed by atoms with Gasteiger partial charge in [-0.2, -0.15) is 4.98 Å². The summed E-state index contributed by atoms with van der Waals surface area (Å²) in [4.78, 5) is 28.4. The third-order valence-corrected chi connectivity index (χ3v) is 8.32. The Morgan fingerprint density at radius 2 is 1.84 bits per heavy atom. The maximum atomic E-state index is 14.9. The van der Waals surface area contributed by atoms with E-state index in [2.05, 4.69) is 26.2 Å². The Balaban J connectivity index is 1.17. The number of methoxy groups -OCH3 is 1. The predicted octanol–water partition coefficient (Wildman–Crippen LogP) is 5.44. The van der Waals surface area contributed by atoms with E-state index in [9.17, 15) is 18.0 Å². The molecule has 0 saturated carbocycles. The summed E-state index contributed by atoms with van der Waals surface area (Å²) in [6.07, 6.45) is 0.999. The lowest BCUT2D eigenvalue weighted by Gasteiger charge is -2.38. The molecule has 234 valence electrons. The SMILES string of the molecule is [C-]#[N+]c1ccc(COc2nc(N3CCN([C@@H](C)c4nc5ccc(C(=O)OC)cc5n4C[C@@H]4CCO4)CC3)c(F)cc2F)c(F)c1. The molecule has 0 amide bonds. The molecule has 2 aromatic carbocycles. The van der Waals surface area contributed by atoms with Gasteiger partial charge in [-0.25, -0.2) is 27.8 Å². The van der Waals surface area contributed by atoms with Gasteiger partial charge in [0.2, 0.25) is 0 Å². The molecule has 0 bridgehead atoms. The van der Waals surface area contributed by atoms with E-state index < -0.39 is 29.3 Å². The van der Waals surface area contributed by atoms with Crippen LogP contribution in [-0.4, -0.2) is 71.4 Å². The van der Waals surface area contributed by atoms with Gasteiger partial charge < -0.3 is 23.7 Å². The molecular weight excluding hydrogens is 589 g/mol. The standard InChI is InChI=1S/C32H31F3N6O4/c1-19(29-37-27-7-5-20(32(42)43-3)14-28(27)41(29)17-23-8-13-44-23)39-9-11-40(12-10-39)30-25(34)16-26(35)31(38-30)45-18-21-4-6-22(36-2)15-24(21)33/h4-7,14-16,19,23H,8-13,17-18H2,1,3H3/t19-,23-/m0/s1. The average Bonchev–Trinajstić information content (AvgIpc) is 3.39. The van der Waals surface area contributed by atoms with Crippen LogP contribution in [0.2, 0.25) is 0 Å². The van der Waals surface area contributed by atoms with Crippen molar-refractivity contribution in [3.8, 4) is 5.88 Å². The molecule has 0 N–H and O–H groups in total. The number of pyridine rings is 1. The molecule has 2 saturated heterocycles. The van der Waals surface area contributed by atoms with Crippen molar-refractivity contribution in [3.05, 3.63) is 88.3 Å². The summed E-state index contributed by atoms with van der Waals surface area (Å²) < 4.78 is 62.0. The lowest BCUT2D eigenvalue weighted by atomic mass is 10.1. The molecule has 2 aliphatic heterocycles. The highest BCUT2D eigenvalue weighted by Gasteiger charge is 2.30. The first-order valence-corrected chi connectivity index (χ1v) is 14.6. The van der Waals surface area contributed by atoms with Crippen LogP contribution >= 0.6 is 0 Å². The van der Waals surface area contributed by atoms with Crippen LogP contribution in [0.4, 0.5) is 24.7 Å². The van der Waals surface area contributed by atoms with E-state index in [0.717, 1.165) is 35.4 Å². The van der Waals surface area contributed by atoms with Gasteiger partial charge in [-0.15, -0.1) is 0 Å². The number of nitrogens with zero attached hydrogens (tertiary/aromatic N) is 6. The maximum absolute atomic E-state index is 14.9. The molecule has 2 fully saturated rings. The molecule has 2 aliphatic rings. The Labute approximate surface area is 257 Å². The number of hydrogen-bond acceptors (Lipinski definition) is 8. The number of anilines is 1. The van der Waals surface area contributed by atoms with Gasteiger partial charge in [-0.3, -0.25) is 4.90 Å². The number of carbonyl (C=O) groups is 1. The third-order valence-electron chi connectivity index (χ3n) is 8.32. The van der Waals surface area contributed by atoms with E-state index in [4.69, 9.17) is 25.8 Å². The summed E-state index contributed by atoms with van der Waals surface area (Å²) in [6.45, 7) is 11.9. The predicted molar refractivity (Wildman–Crippen MR) is 159 cm³/mol. The number of benzene rings is 2. The lowest BCUT2D eigenvalue weighted by molar-refractivity contribution is -0.0594. The van der Waals surface area contributed by atoms with Crippen LogP contribution in [-0.2, 0) is 22.6 Å². The quantitative estimate of drug-likeness (QED) is 0.181. The lowest BCUT2D eigenvalue weighted by Crippen LogP contribution is -2.48. The number of esters is 1. The number of rotatable bonds is 9. The van der Waals surface area contributed by atoms with Gasteiger partial charge in [0.05, 0.1) is 49.0 Å². The zero-order chi connectivity index (χ0) is 31.7. The Bertz CT molecular complexity index is 1780. The molecule has 4 heterocycles. The van der Waals surface area contributed by atoms with Crippen molar-refractivity contribution in [1.29, 1.82) is 0 Å². The fraction of sp³-hybridized carbons (Fsp3) is 0.375. The molecule has 13 heteroatoms. The van der Waals surface area contributed by atoms with Crippen LogP contribution in [0.25, 0.3) is 15.9 Å². The minimum Gasteiger partial charge on any atom is -0.471 e. The van der Waals surface area contributed by atoms with Crippen LogP contribution in [0.15, 0.2) is 42.5 Å². The number of aromatic nitrogens is 3. The Hall–Kier alpha value is -4.67. The molecule has 0 radical (unpaired) electrons. The third kappa shape index (κ3) is 6.16. The fourth-order valence-electron chi connectivity index (χ4n) is 5.65. The van der Waals surface area contributed by atoms with Crippen molar-refractivity contribution in [2.45, 2.75) is 38.6 Å². The molecule has 0 aliphatic carbocycles. The second-order valence-corrected chi connectivity index (χ2v) is 11.0. The number of fused-ring (bicyclic) bond motifs is 1. The van der Waals surface area contributed by atoms with E-state index in [1.165, 1.54) is 19.2 Å². The fourth-order valence-corrected chi connectivity index (χ4v) is 5.65. The minimum absolute atomic E-state index is 0.0489. The van der Waals surface area contributed by atoms with Crippen molar-refractivity contribution in [3.63, 3.8) is 0 Å². The zero-order valence-electron chi connectivity index (χ0n) is 24.8. The van der Waals surface area contributed by atoms with Crippen molar-refractivity contribution in [2.75, 3.05) is 44.8 Å². The highest BCUT2D eigenvalue weighted by Crippen LogP contribution is 2.31. The number of hydrogen-bond donors (Lipinski definition) is 0. The van der Waals surface area contributed by atoms with Gasteiger partial charge in [0.15, 0.2) is 23.1 Å². The van der Waals surface area contributed by atoms with E-state index in [1.54, 1.807) is 17.0 Å². The Kier molecular flexibility index (Phi) is 8.60. The highest BCUT2D eigenvalue weighted by atomic mass is 19.1. The summed E-state index contributed by atoms with van der Waals surface area (Å²) in [5.74, 6) is -2.55. The summed E-state index contributed by atoms with van der Waals surface area (Å²) in [6, 6.07) is 9.80. The molecule has 4 aromatic rings. The summed E-state index contributed by atoms with van der Waals surface area (Å²) in [7, 11) is 1.35. The first-order valence-electron chi connectivity index (χ1n) is 14.6. The molecule has 10 nitrogen and oxygen atoms in total. The van der Waals surface area contributed by atoms with E-state index in [0.29, 0.717) is 44.9 Å². The van der Waals surface area contributed by atoms with Gasteiger partial charge in [0.25, 0.3) is 5.88 Å². The summed E-state index contributed by atoms with van der Waals surface area (Å²) in [5.41, 5.74) is 2.27. The van der Waals surface area contributed by atoms with Crippen molar-refractivity contribution < 1.29 is 32.2 Å². The van der Waals surface area contributed by atoms with E-state index >= 15 is 0 Å². The van der Waals surface area contributed by atoms with Crippen LogP contribution in [0.1, 0.15) is 41.1 Å². The summed E-state index contributed by atoms with van der Waals surface area (Å²) >= 11 is 0. The average molecular weight is 621 g/mol. The number of imidazole rings is 1. The summed E-state index contributed by atoms with van der Waals surface area (Å²) in [5, 5.41) is 0. The van der Waals surface area contributed by atoms with Crippen LogP contribution in [0.5, 0.6) is 5.88 Å². The molecule has 0 spiro atoms. The van der Waals surface area contributed by atoms with Crippen molar-refractivity contribution >= 4 is 28.5 Å². The smallest absolute Gasteiger partial charge is 0.337 e. The maximum Gasteiger partial charge on any atom is 0.337 e. The zero-order valence-corrected chi connectivity index (χ0v) is 24.8. The van der Waals surface area contributed by atoms with Crippen LogP contribution < -0.4 is 9.64 Å². The first-order chi connectivity index (χ1) is 21.7. The van der Waals surface area contributed by atoms with E-state index in [1.807, 2.05) is 6.07 Å². The largest absolute Gasteiger partial charge is 0.471 e. The number of carbonyl (C=O) groups excluding carboxylic acids is 1. The van der Waals surface area contributed by atoms with Gasteiger partial charge in [0, 0.05) is 44.4 Å². The molecule has 6 rings (SSSR count). The second-order valence-electron chi connectivity index (χ2n) is 11.0. The molecule has 2 atom stereocenters. The van der Waals surface area contributed by atoms with Gasteiger partial charge in [0.1, 0.15) is 18.2 Å². The first kappa shape index (κ1) is 30.4. The van der Waals surface area contributed by atoms with Crippen LogP contribution in [0.3, 0.4) is 0 Å². The highest BCUT2D eigenvalue weighted by molar-refractivity contribution is 5.93. The number of piperazine rings is 1. The number of halogens is 3. The molecular formula is C32H31F3N6O4.